The first-order valence-electron chi connectivity index (χ1n) is 6.19. The Kier molecular flexibility index (Phi) is 3.03. The number of methoxy groups -OCH3 is 1. The van der Waals surface area contributed by atoms with Gasteiger partial charge in [-0.1, -0.05) is 23.7 Å². The topological polar surface area (TPSA) is 26.3 Å². The summed E-state index contributed by atoms with van der Waals surface area (Å²) in [6.45, 7) is 0. The van der Waals surface area contributed by atoms with Crippen molar-refractivity contribution < 1.29 is 9.53 Å². The van der Waals surface area contributed by atoms with Crippen LogP contribution in [0.4, 0.5) is 0 Å². The average molecular weight is 273 g/mol. The molecule has 0 aliphatic heterocycles. The standard InChI is InChI=1S/C16H13ClO2/c1-19-16-9-13-11(4-7-15(13)18)8-14(16)10-2-5-12(17)6-3-10/h2-3,5-6,8-9H,4,7H2,1H3. The first kappa shape index (κ1) is 12.2. The molecule has 2 aromatic carbocycles. The molecule has 0 saturated carbocycles. The summed E-state index contributed by atoms with van der Waals surface area (Å²) in [5.74, 6) is 0.937. The molecular weight excluding hydrogens is 260 g/mol. The number of benzene rings is 2. The van der Waals surface area contributed by atoms with Gasteiger partial charge in [0.05, 0.1) is 7.11 Å². The van der Waals surface area contributed by atoms with Gasteiger partial charge in [-0.05, 0) is 41.8 Å². The monoisotopic (exact) mass is 272 g/mol. The summed E-state index contributed by atoms with van der Waals surface area (Å²) >= 11 is 5.91. The molecule has 0 radical (unpaired) electrons. The van der Waals surface area contributed by atoms with Crippen LogP contribution in [-0.2, 0) is 6.42 Å². The predicted octanol–water partition coefficient (Wildman–Crippen LogP) is 4.14. The Morgan fingerprint density at radius 3 is 2.47 bits per heavy atom. The lowest BCUT2D eigenvalue weighted by molar-refractivity contribution is 0.0994. The number of halogens is 1. The smallest absolute Gasteiger partial charge is 0.163 e. The highest BCUT2D eigenvalue weighted by molar-refractivity contribution is 6.30. The van der Waals surface area contributed by atoms with Crippen LogP contribution in [0.15, 0.2) is 36.4 Å². The number of rotatable bonds is 2. The van der Waals surface area contributed by atoms with E-state index < -0.39 is 0 Å². The van der Waals surface area contributed by atoms with Gasteiger partial charge < -0.3 is 4.74 Å². The van der Waals surface area contributed by atoms with Crippen LogP contribution in [0.25, 0.3) is 11.1 Å². The summed E-state index contributed by atoms with van der Waals surface area (Å²) < 4.78 is 5.42. The molecule has 0 bridgehead atoms. The second-order valence-electron chi connectivity index (χ2n) is 4.64. The van der Waals surface area contributed by atoms with E-state index in [9.17, 15) is 4.79 Å². The van der Waals surface area contributed by atoms with E-state index in [1.807, 2.05) is 30.3 Å². The Hall–Kier alpha value is -1.80. The Morgan fingerprint density at radius 2 is 1.79 bits per heavy atom. The molecule has 0 fully saturated rings. The minimum atomic E-state index is 0.205. The third-order valence-corrected chi connectivity index (χ3v) is 3.75. The molecule has 0 aromatic heterocycles. The van der Waals surface area contributed by atoms with Gasteiger partial charge in [-0.2, -0.15) is 0 Å². The van der Waals surface area contributed by atoms with Gasteiger partial charge >= 0.3 is 0 Å². The molecule has 2 nitrogen and oxygen atoms in total. The molecule has 3 heteroatoms. The molecule has 96 valence electrons. The lowest BCUT2D eigenvalue weighted by atomic mass is 9.99. The van der Waals surface area contributed by atoms with Crippen molar-refractivity contribution in [3.63, 3.8) is 0 Å². The first-order valence-corrected chi connectivity index (χ1v) is 6.57. The van der Waals surface area contributed by atoms with Crippen LogP contribution in [0.3, 0.4) is 0 Å². The van der Waals surface area contributed by atoms with Crippen LogP contribution in [-0.4, -0.2) is 12.9 Å². The van der Waals surface area contributed by atoms with Crippen LogP contribution >= 0.6 is 11.6 Å². The molecule has 1 aliphatic rings. The summed E-state index contributed by atoms with van der Waals surface area (Å²) in [6, 6.07) is 11.5. The number of ketones is 1. The van der Waals surface area contributed by atoms with Crippen LogP contribution in [0.2, 0.25) is 5.02 Å². The molecule has 0 unspecified atom stereocenters. The van der Waals surface area contributed by atoms with E-state index >= 15 is 0 Å². The minimum Gasteiger partial charge on any atom is -0.496 e. The Morgan fingerprint density at radius 1 is 1.05 bits per heavy atom. The maximum atomic E-state index is 11.8. The molecule has 19 heavy (non-hydrogen) atoms. The molecular formula is C16H13ClO2. The normalized spacial score (nSPS) is 13.5. The number of carbonyl (C=O) groups is 1. The summed E-state index contributed by atoms with van der Waals surface area (Å²) in [5, 5.41) is 0.707. The molecule has 3 rings (SSSR count). The van der Waals surface area contributed by atoms with E-state index in [0.717, 1.165) is 34.4 Å². The molecule has 0 heterocycles. The predicted molar refractivity (Wildman–Crippen MR) is 76.1 cm³/mol. The van der Waals surface area contributed by atoms with E-state index in [-0.39, 0.29) is 5.78 Å². The molecule has 0 atom stereocenters. The van der Waals surface area contributed by atoms with Crippen LogP contribution in [0.1, 0.15) is 22.3 Å². The third kappa shape index (κ3) is 2.13. The average Bonchev–Trinajstić information content (AvgIpc) is 2.79. The highest BCUT2D eigenvalue weighted by Crippen LogP contribution is 2.36. The fourth-order valence-electron chi connectivity index (χ4n) is 2.50. The van der Waals surface area contributed by atoms with Gasteiger partial charge in [0.2, 0.25) is 0 Å². The second-order valence-corrected chi connectivity index (χ2v) is 5.08. The summed E-state index contributed by atoms with van der Waals surface area (Å²) in [5.41, 5.74) is 3.96. The number of hydrogen-bond donors (Lipinski definition) is 0. The van der Waals surface area contributed by atoms with Crippen molar-refractivity contribution >= 4 is 17.4 Å². The maximum absolute atomic E-state index is 11.8. The van der Waals surface area contributed by atoms with Gasteiger partial charge in [0.1, 0.15) is 5.75 Å². The van der Waals surface area contributed by atoms with Gasteiger partial charge in [-0.15, -0.1) is 0 Å². The summed E-state index contributed by atoms with van der Waals surface area (Å²) in [4.78, 5) is 11.8. The lowest BCUT2D eigenvalue weighted by Crippen LogP contribution is -1.95. The van der Waals surface area contributed by atoms with Crippen molar-refractivity contribution in [3.05, 3.63) is 52.5 Å². The number of aryl methyl sites for hydroxylation is 1. The Bertz CT molecular complexity index is 645. The lowest BCUT2D eigenvalue weighted by Gasteiger charge is -2.11. The zero-order valence-corrected chi connectivity index (χ0v) is 11.3. The van der Waals surface area contributed by atoms with Gasteiger partial charge in [0, 0.05) is 22.6 Å². The van der Waals surface area contributed by atoms with Crippen molar-refractivity contribution in [1.29, 1.82) is 0 Å². The highest BCUT2D eigenvalue weighted by atomic mass is 35.5. The van der Waals surface area contributed by atoms with Crippen molar-refractivity contribution in [2.24, 2.45) is 0 Å². The molecule has 0 saturated heterocycles. The molecule has 0 spiro atoms. The molecule has 1 aliphatic carbocycles. The van der Waals surface area contributed by atoms with Gasteiger partial charge in [-0.25, -0.2) is 0 Å². The number of ether oxygens (including phenoxy) is 1. The van der Waals surface area contributed by atoms with Crippen LogP contribution in [0.5, 0.6) is 5.75 Å². The van der Waals surface area contributed by atoms with Crippen molar-refractivity contribution in [2.75, 3.05) is 7.11 Å². The fourth-order valence-corrected chi connectivity index (χ4v) is 2.62. The molecule has 2 aromatic rings. The number of Topliss-reactive ketones (excluding diaryl/α,β-unsaturated/α-hetero) is 1. The number of hydrogen-bond acceptors (Lipinski definition) is 2. The number of fused-ring (bicyclic) bond motifs is 1. The third-order valence-electron chi connectivity index (χ3n) is 3.50. The van der Waals surface area contributed by atoms with Crippen molar-refractivity contribution in [1.82, 2.24) is 0 Å². The van der Waals surface area contributed by atoms with Crippen LogP contribution in [0, 0.1) is 0 Å². The second kappa shape index (κ2) is 4.71. The minimum absolute atomic E-state index is 0.205. The fraction of sp³-hybridized carbons (Fsp3) is 0.188. The van der Waals surface area contributed by atoms with Gasteiger partial charge in [0.25, 0.3) is 0 Å². The van der Waals surface area contributed by atoms with Crippen molar-refractivity contribution in [2.45, 2.75) is 12.8 Å². The largest absolute Gasteiger partial charge is 0.496 e. The number of carbonyl (C=O) groups excluding carboxylic acids is 1. The quantitative estimate of drug-likeness (QED) is 0.821. The van der Waals surface area contributed by atoms with E-state index in [1.165, 1.54) is 0 Å². The van der Waals surface area contributed by atoms with Gasteiger partial charge in [-0.3, -0.25) is 4.79 Å². The summed E-state index contributed by atoms with van der Waals surface area (Å²) in [6.07, 6.45) is 1.42. The SMILES string of the molecule is COc1cc2c(cc1-c1ccc(Cl)cc1)CCC2=O. The Balaban J connectivity index is 2.16. The highest BCUT2D eigenvalue weighted by Gasteiger charge is 2.22. The van der Waals surface area contributed by atoms with E-state index in [2.05, 4.69) is 6.07 Å². The summed E-state index contributed by atoms with van der Waals surface area (Å²) in [7, 11) is 1.63. The van der Waals surface area contributed by atoms with Gasteiger partial charge in [0.15, 0.2) is 5.78 Å². The van der Waals surface area contributed by atoms with Crippen molar-refractivity contribution in [3.8, 4) is 16.9 Å². The molecule has 0 amide bonds. The van der Waals surface area contributed by atoms with E-state index in [0.29, 0.717) is 11.4 Å². The van der Waals surface area contributed by atoms with E-state index in [4.69, 9.17) is 16.3 Å². The first-order chi connectivity index (χ1) is 9.19. The zero-order valence-electron chi connectivity index (χ0n) is 10.6. The zero-order chi connectivity index (χ0) is 13.4. The Labute approximate surface area is 117 Å². The maximum Gasteiger partial charge on any atom is 0.163 e. The molecule has 0 N–H and O–H groups in total. The van der Waals surface area contributed by atoms with E-state index in [1.54, 1.807) is 7.11 Å². The van der Waals surface area contributed by atoms with Crippen LogP contribution < -0.4 is 4.74 Å².